The third-order valence-electron chi connectivity index (χ3n) is 1.91. The van der Waals surface area contributed by atoms with Crippen LogP contribution < -0.4 is 5.43 Å². The predicted octanol–water partition coefficient (Wildman–Crippen LogP) is 0.583. The van der Waals surface area contributed by atoms with Crippen LogP contribution in [0.15, 0.2) is 23.3 Å². The lowest BCUT2D eigenvalue weighted by Crippen LogP contribution is -2.17. The molecule has 5 nitrogen and oxygen atoms in total. The number of carboxylic acid groups (broad SMARTS) is 1. The van der Waals surface area contributed by atoms with Crippen molar-refractivity contribution in [3.8, 4) is 0 Å². The van der Waals surface area contributed by atoms with E-state index < -0.39 is 11.4 Å². The van der Waals surface area contributed by atoms with Crippen LogP contribution in [-0.4, -0.2) is 28.9 Å². The van der Waals surface area contributed by atoms with Crippen LogP contribution in [0.4, 0.5) is 0 Å². The van der Waals surface area contributed by atoms with Gasteiger partial charge in [0.05, 0.1) is 6.61 Å². The van der Waals surface area contributed by atoms with Gasteiger partial charge in [-0.2, -0.15) is 0 Å². The molecular formula is C10H13NO4. The van der Waals surface area contributed by atoms with Gasteiger partial charge in [-0.25, -0.2) is 4.79 Å². The van der Waals surface area contributed by atoms with Crippen molar-refractivity contribution in [2.45, 2.75) is 13.5 Å². The van der Waals surface area contributed by atoms with Gasteiger partial charge in [0.2, 0.25) is 0 Å². The number of carbonyl (C=O) groups is 1. The SMILES string of the molecule is CCOCCn1ccc(=O)c(C(=O)O)c1. The molecule has 1 aromatic rings. The number of aromatic carboxylic acids is 1. The van der Waals surface area contributed by atoms with E-state index in [0.717, 1.165) is 0 Å². The standard InChI is InChI=1S/C10H13NO4/c1-2-15-6-5-11-4-3-9(12)8(7-11)10(13)14/h3-4,7H,2,5-6H2,1H3,(H,13,14). The third-order valence-corrected chi connectivity index (χ3v) is 1.91. The van der Waals surface area contributed by atoms with Gasteiger partial charge in [-0.05, 0) is 6.92 Å². The first-order chi connectivity index (χ1) is 7.15. The molecule has 1 N–H and O–H groups in total. The summed E-state index contributed by atoms with van der Waals surface area (Å²) in [6.45, 7) is 3.53. The fraction of sp³-hybridized carbons (Fsp3) is 0.400. The highest BCUT2D eigenvalue weighted by Gasteiger charge is 2.07. The molecule has 1 heterocycles. The summed E-state index contributed by atoms with van der Waals surface area (Å²) in [5, 5.41) is 8.72. The molecule has 0 amide bonds. The Kier molecular flexibility index (Phi) is 4.05. The van der Waals surface area contributed by atoms with E-state index in [2.05, 4.69) is 0 Å². The zero-order chi connectivity index (χ0) is 11.3. The maximum absolute atomic E-state index is 11.1. The number of rotatable bonds is 5. The number of aromatic nitrogens is 1. The van der Waals surface area contributed by atoms with Gasteiger partial charge in [-0.15, -0.1) is 0 Å². The van der Waals surface area contributed by atoms with Crippen molar-refractivity contribution in [2.75, 3.05) is 13.2 Å². The van der Waals surface area contributed by atoms with Crippen LogP contribution in [0, 0.1) is 0 Å². The quantitative estimate of drug-likeness (QED) is 0.723. The van der Waals surface area contributed by atoms with Crippen LogP contribution in [0.2, 0.25) is 0 Å². The summed E-state index contributed by atoms with van der Waals surface area (Å²) in [6.07, 6.45) is 2.87. The fourth-order valence-corrected chi connectivity index (χ4v) is 1.14. The topological polar surface area (TPSA) is 68.5 Å². The first-order valence-corrected chi connectivity index (χ1v) is 4.66. The minimum atomic E-state index is -1.20. The average Bonchev–Trinajstić information content (AvgIpc) is 2.20. The molecule has 0 aliphatic carbocycles. The number of nitrogens with zero attached hydrogens (tertiary/aromatic N) is 1. The maximum atomic E-state index is 11.1. The predicted molar refractivity (Wildman–Crippen MR) is 54.2 cm³/mol. The van der Waals surface area contributed by atoms with Gasteiger partial charge in [0.25, 0.3) is 0 Å². The average molecular weight is 211 g/mol. The van der Waals surface area contributed by atoms with Gasteiger partial charge in [0.15, 0.2) is 5.43 Å². The number of hydrogen-bond acceptors (Lipinski definition) is 3. The molecule has 0 saturated carbocycles. The van der Waals surface area contributed by atoms with Crippen molar-refractivity contribution in [1.29, 1.82) is 0 Å². The van der Waals surface area contributed by atoms with Crippen LogP contribution in [0.5, 0.6) is 0 Å². The lowest BCUT2D eigenvalue weighted by atomic mass is 10.3. The minimum Gasteiger partial charge on any atom is -0.477 e. The molecule has 0 aliphatic rings. The highest BCUT2D eigenvalue weighted by atomic mass is 16.5. The highest BCUT2D eigenvalue weighted by Crippen LogP contribution is 1.93. The van der Waals surface area contributed by atoms with E-state index in [-0.39, 0.29) is 5.56 Å². The van der Waals surface area contributed by atoms with E-state index in [4.69, 9.17) is 9.84 Å². The van der Waals surface area contributed by atoms with Crippen molar-refractivity contribution >= 4 is 5.97 Å². The smallest absolute Gasteiger partial charge is 0.341 e. The molecule has 0 spiro atoms. The third kappa shape index (κ3) is 3.21. The van der Waals surface area contributed by atoms with Crippen LogP contribution in [0.1, 0.15) is 17.3 Å². The van der Waals surface area contributed by atoms with E-state index in [1.807, 2.05) is 6.92 Å². The van der Waals surface area contributed by atoms with Gasteiger partial charge in [-0.1, -0.05) is 0 Å². The molecule has 0 saturated heterocycles. The van der Waals surface area contributed by atoms with Gasteiger partial charge in [0, 0.05) is 31.6 Å². The molecule has 1 aromatic heterocycles. The Balaban J connectivity index is 2.79. The zero-order valence-corrected chi connectivity index (χ0v) is 8.47. The Morgan fingerprint density at radius 1 is 1.60 bits per heavy atom. The minimum absolute atomic E-state index is 0.214. The van der Waals surface area contributed by atoms with E-state index in [0.29, 0.717) is 19.8 Å². The highest BCUT2D eigenvalue weighted by molar-refractivity contribution is 5.86. The molecule has 0 radical (unpaired) electrons. The normalized spacial score (nSPS) is 10.2. The summed E-state index contributed by atoms with van der Waals surface area (Å²) in [5.41, 5.74) is -0.691. The van der Waals surface area contributed by atoms with Gasteiger partial charge in [0.1, 0.15) is 5.56 Å². The first-order valence-electron chi connectivity index (χ1n) is 4.66. The second-order valence-electron chi connectivity index (χ2n) is 2.96. The van der Waals surface area contributed by atoms with Gasteiger partial charge < -0.3 is 14.4 Å². The van der Waals surface area contributed by atoms with Crippen molar-refractivity contribution in [3.05, 3.63) is 34.2 Å². The zero-order valence-electron chi connectivity index (χ0n) is 8.47. The van der Waals surface area contributed by atoms with Gasteiger partial charge in [-0.3, -0.25) is 4.79 Å². The van der Waals surface area contributed by atoms with E-state index in [1.165, 1.54) is 12.3 Å². The number of ether oxygens (including phenoxy) is 1. The maximum Gasteiger partial charge on any atom is 0.341 e. The Hall–Kier alpha value is -1.62. The summed E-state index contributed by atoms with van der Waals surface area (Å²) in [4.78, 5) is 21.8. The van der Waals surface area contributed by atoms with Crippen molar-refractivity contribution in [1.82, 2.24) is 4.57 Å². The first kappa shape index (κ1) is 11.5. The molecule has 0 unspecified atom stereocenters. The summed E-state index contributed by atoms with van der Waals surface area (Å²) >= 11 is 0. The lowest BCUT2D eigenvalue weighted by Gasteiger charge is -2.06. The monoisotopic (exact) mass is 211 g/mol. The molecule has 0 atom stereocenters. The molecular weight excluding hydrogens is 198 g/mol. The number of hydrogen-bond donors (Lipinski definition) is 1. The fourth-order valence-electron chi connectivity index (χ4n) is 1.14. The Bertz CT molecular complexity index is 397. The summed E-state index contributed by atoms with van der Waals surface area (Å²) in [6, 6.07) is 1.25. The van der Waals surface area contributed by atoms with Crippen molar-refractivity contribution in [2.24, 2.45) is 0 Å². The van der Waals surface area contributed by atoms with E-state index >= 15 is 0 Å². The molecule has 82 valence electrons. The largest absolute Gasteiger partial charge is 0.477 e. The molecule has 0 fully saturated rings. The number of pyridine rings is 1. The van der Waals surface area contributed by atoms with Crippen LogP contribution in [-0.2, 0) is 11.3 Å². The number of carboxylic acids is 1. The van der Waals surface area contributed by atoms with Crippen molar-refractivity contribution < 1.29 is 14.6 Å². The van der Waals surface area contributed by atoms with Crippen LogP contribution >= 0.6 is 0 Å². The second kappa shape index (κ2) is 5.31. The van der Waals surface area contributed by atoms with E-state index in [9.17, 15) is 9.59 Å². The van der Waals surface area contributed by atoms with Crippen molar-refractivity contribution in [3.63, 3.8) is 0 Å². The molecule has 0 bridgehead atoms. The van der Waals surface area contributed by atoms with E-state index in [1.54, 1.807) is 10.8 Å². The Morgan fingerprint density at radius 3 is 2.93 bits per heavy atom. The van der Waals surface area contributed by atoms with Crippen LogP contribution in [0.25, 0.3) is 0 Å². The molecule has 0 aromatic carbocycles. The van der Waals surface area contributed by atoms with Crippen LogP contribution in [0.3, 0.4) is 0 Å². The Labute approximate surface area is 86.9 Å². The molecule has 0 aliphatic heterocycles. The summed E-state index contributed by atoms with van der Waals surface area (Å²) in [7, 11) is 0. The van der Waals surface area contributed by atoms with Gasteiger partial charge >= 0.3 is 5.97 Å². The second-order valence-corrected chi connectivity index (χ2v) is 2.96. The molecule has 5 heteroatoms. The molecule has 1 rings (SSSR count). The Morgan fingerprint density at radius 2 is 2.33 bits per heavy atom. The summed E-state index contributed by atoms with van der Waals surface area (Å²) in [5.74, 6) is -1.20. The molecule has 15 heavy (non-hydrogen) atoms. The summed E-state index contributed by atoms with van der Waals surface area (Å²) < 4.78 is 6.75. The lowest BCUT2D eigenvalue weighted by molar-refractivity contribution is 0.0694.